The van der Waals surface area contributed by atoms with Gasteiger partial charge in [-0.1, -0.05) is 0 Å². The molecule has 0 aliphatic heterocycles. The van der Waals surface area contributed by atoms with Crippen LogP contribution in [0.4, 0.5) is 34.5 Å². The maximum Gasteiger partial charge on any atom is 0.291 e. The monoisotopic (exact) mass is 1180 g/mol. The van der Waals surface area contributed by atoms with Crippen LogP contribution in [0.5, 0.6) is 0 Å². The summed E-state index contributed by atoms with van der Waals surface area (Å²) in [4.78, 5) is 154. The van der Waals surface area contributed by atoms with Gasteiger partial charge in [-0.25, -0.2) is 15.0 Å². The SMILES string of the molecule is CC(=O)Nc1cn(C)c(C(=O)NCCC(=O)Nc2cn(C)c(C(=O)Nc3cc(C(=O)NCCCC(=O)Nc4cn(C)c(C(=O)Nc5cc(C(=O)NCCC(=O)Nc6cc(C(=O)NCCC(=O)NCCCN(C)C)n(C)c6)n(C)c5)n4)n(C)c3)n2)n1. The van der Waals surface area contributed by atoms with E-state index >= 15 is 0 Å². The first-order valence-electron chi connectivity index (χ1n) is 26.8. The predicted molar refractivity (Wildman–Crippen MR) is 311 cm³/mol. The molecule has 0 aliphatic rings. The van der Waals surface area contributed by atoms with Gasteiger partial charge in [0.05, 0.1) is 17.1 Å². The van der Waals surface area contributed by atoms with Gasteiger partial charge >= 0.3 is 0 Å². The summed E-state index contributed by atoms with van der Waals surface area (Å²) in [6.07, 6.45) is 9.91. The third-order valence-electron chi connectivity index (χ3n) is 12.5. The molecule has 32 nitrogen and oxygen atoms in total. The normalized spacial score (nSPS) is 10.9. The molecule has 0 saturated heterocycles. The van der Waals surface area contributed by atoms with Crippen LogP contribution in [-0.4, -0.2) is 166 Å². The Labute approximate surface area is 487 Å². The molecule has 454 valence electrons. The van der Waals surface area contributed by atoms with E-state index < -0.39 is 53.2 Å². The van der Waals surface area contributed by atoms with Crippen LogP contribution in [-0.2, 0) is 66.3 Å². The van der Waals surface area contributed by atoms with Crippen molar-refractivity contribution in [1.82, 2.24) is 73.8 Å². The number of carbonyl (C=O) groups excluding carboxylic acids is 11. The topological polar surface area (TPSA) is 392 Å². The molecule has 32 heteroatoms. The van der Waals surface area contributed by atoms with Crippen LogP contribution >= 0.6 is 0 Å². The van der Waals surface area contributed by atoms with Crippen LogP contribution in [0, 0.1) is 0 Å². The summed E-state index contributed by atoms with van der Waals surface area (Å²) in [7, 11) is 13.5. The molecule has 0 radical (unpaired) electrons. The van der Waals surface area contributed by atoms with E-state index in [0.717, 1.165) is 13.0 Å². The van der Waals surface area contributed by atoms with Crippen LogP contribution in [0.15, 0.2) is 55.4 Å². The Kier molecular flexibility index (Phi) is 22.2. The summed E-state index contributed by atoms with van der Waals surface area (Å²) in [5, 5.41) is 29.4. The van der Waals surface area contributed by atoms with Gasteiger partial charge in [0.1, 0.15) is 17.1 Å². The van der Waals surface area contributed by atoms with Crippen molar-refractivity contribution in [1.29, 1.82) is 0 Å². The highest BCUT2D eigenvalue weighted by Crippen LogP contribution is 2.19. The van der Waals surface area contributed by atoms with E-state index in [9.17, 15) is 52.7 Å². The first-order valence-corrected chi connectivity index (χ1v) is 26.8. The van der Waals surface area contributed by atoms with Gasteiger partial charge in [0.15, 0.2) is 17.5 Å². The van der Waals surface area contributed by atoms with Crippen molar-refractivity contribution in [3.8, 4) is 0 Å². The van der Waals surface area contributed by atoms with Crippen molar-refractivity contribution >= 4 is 99.5 Å². The highest BCUT2D eigenvalue weighted by Gasteiger charge is 2.22. The number of imidazole rings is 3. The van der Waals surface area contributed by atoms with Crippen molar-refractivity contribution in [3.05, 3.63) is 89.9 Å². The molecular weight excluding hydrogens is 1110 g/mol. The maximum atomic E-state index is 13.3. The van der Waals surface area contributed by atoms with E-state index in [-0.39, 0.29) is 133 Å². The van der Waals surface area contributed by atoms with Gasteiger partial charge in [-0.2, -0.15) is 0 Å². The lowest BCUT2D eigenvalue weighted by Crippen LogP contribution is -2.32. The summed E-state index contributed by atoms with van der Waals surface area (Å²) >= 11 is 0. The third kappa shape index (κ3) is 18.8. The van der Waals surface area contributed by atoms with Gasteiger partial charge in [-0.3, -0.25) is 52.7 Å². The van der Waals surface area contributed by atoms with Crippen LogP contribution in [0.2, 0.25) is 0 Å². The lowest BCUT2D eigenvalue weighted by molar-refractivity contribution is -0.121. The molecular formula is C53H71N21O11. The first-order chi connectivity index (χ1) is 40.3. The Bertz CT molecular complexity index is 3480. The molecule has 0 atom stereocenters. The number of amides is 11. The average Bonchev–Trinajstić information content (AvgIpc) is 3.65. The molecule has 85 heavy (non-hydrogen) atoms. The second-order valence-electron chi connectivity index (χ2n) is 20.0. The van der Waals surface area contributed by atoms with Crippen molar-refractivity contribution in [2.24, 2.45) is 42.3 Å². The first kappa shape index (κ1) is 63.8. The molecule has 0 aliphatic carbocycles. The molecule has 11 N–H and O–H groups in total. The van der Waals surface area contributed by atoms with Crippen LogP contribution in [0.3, 0.4) is 0 Å². The van der Waals surface area contributed by atoms with E-state index in [2.05, 4.69) is 73.4 Å². The van der Waals surface area contributed by atoms with Crippen molar-refractivity contribution in [2.45, 2.75) is 45.4 Å². The Balaban J connectivity index is 0.865. The predicted octanol–water partition coefficient (Wildman–Crippen LogP) is 0.219. The summed E-state index contributed by atoms with van der Waals surface area (Å²) in [6, 6.07) is 4.41. The van der Waals surface area contributed by atoms with Gasteiger partial charge in [0.2, 0.25) is 47.0 Å². The minimum absolute atomic E-state index is 0.0138. The summed E-state index contributed by atoms with van der Waals surface area (Å²) in [6.45, 7) is 2.88. The number of nitrogens with zero attached hydrogens (tertiary/aromatic N) is 10. The summed E-state index contributed by atoms with van der Waals surface area (Å²) < 4.78 is 8.78. The molecule has 0 fully saturated rings. The summed E-state index contributed by atoms with van der Waals surface area (Å²) in [5.41, 5.74) is 1.59. The number of aromatic nitrogens is 9. The molecule has 0 bridgehead atoms. The maximum absolute atomic E-state index is 13.3. The lowest BCUT2D eigenvalue weighted by Gasteiger charge is -2.10. The zero-order chi connectivity index (χ0) is 62.1. The van der Waals surface area contributed by atoms with Crippen molar-refractivity contribution in [3.63, 3.8) is 0 Å². The third-order valence-corrected chi connectivity index (χ3v) is 12.5. The minimum Gasteiger partial charge on any atom is -0.356 e. The Morgan fingerprint density at radius 2 is 0.729 bits per heavy atom. The number of hydrogen-bond donors (Lipinski definition) is 11. The van der Waals surface area contributed by atoms with Crippen molar-refractivity contribution < 1.29 is 52.7 Å². The Morgan fingerprint density at radius 3 is 1.16 bits per heavy atom. The van der Waals surface area contributed by atoms with E-state index in [0.29, 0.717) is 12.2 Å². The van der Waals surface area contributed by atoms with Gasteiger partial charge < -0.3 is 90.8 Å². The molecule has 6 aromatic rings. The molecule has 6 aromatic heterocycles. The highest BCUT2D eigenvalue weighted by atomic mass is 16.2. The second kappa shape index (κ2) is 29.5. The number of rotatable bonds is 29. The number of aryl methyl sites for hydroxylation is 6. The zero-order valence-corrected chi connectivity index (χ0v) is 48.6. The quantitative estimate of drug-likeness (QED) is 0.0280. The average molecular weight is 1180 g/mol. The van der Waals surface area contributed by atoms with Crippen LogP contribution in [0.1, 0.15) is 109 Å². The number of hydrogen-bond acceptors (Lipinski definition) is 15. The Morgan fingerprint density at radius 1 is 0.376 bits per heavy atom. The zero-order valence-electron chi connectivity index (χ0n) is 48.6. The standard InChI is InChI=1S/C53H71N21O11/c1-31(75)59-38-28-72(7)45(65-38)51(83)58-20-15-44(79)64-40-30-74(9)47(67-40)53(85)61-33-23-36(70(5)26-33)48(80)55-16-10-12-42(77)63-39-29-73(8)46(66-39)52(84)62-34-24-37(71(6)27-34)50(82)57-19-14-43(78)60-32-22-35(69(4)25-32)49(81)56-18-13-41(76)54-17-11-21-68(2)3/h22-30H,10-21H2,1-9H3,(H,54,76)(H,55,80)(H,56,81)(H,57,82)(H,58,83)(H,59,75)(H,60,78)(H,61,85)(H,62,84)(H,63,77)(H,64,79). The van der Waals surface area contributed by atoms with Crippen molar-refractivity contribution in [2.75, 3.05) is 85.3 Å². The van der Waals surface area contributed by atoms with Gasteiger partial charge in [-0.05, 0) is 51.7 Å². The molecule has 0 aromatic carbocycles. The van der Waals surface area contributed by atoms with Gasteiger partial charge in [0.25, 0.3) is 35.4 Å². The molecule has 11 amide bonds. The van der Waals surface area contributed by atoms with Crippen LogP contribution in [0.25, 0.3) is 0 Å². The number of nitrogens with one attached hydrogen (secondary N) is 11. The fourth-order valence-corrected chi connectivity index (χ4v) is 8.36. The molecule has 0 spiro atoms. The molecule has 6 heterocycles. The minimum atomic E-state index is -0.632. The Hall–Kier alpha value is -10.4. The molecule has 6 rings (SSSR count). The highest BCUT2D eigenvalue weighted by molar-refractivity contribution is 6.05. The second-order valence-corrected chi connectivity index (χ2v) is 20.0. The van der Waals surface area contributed by atoms with Crippen LogP contribution < -0.4 is 58.5 Å². The lowest BCUT2D eigenvalue weighted by atomic mass is 10.3. The summed E-state index contributed by atoms with van der Waals surface area (Å²) in [5.74, 6) is -4.75. The van der Waals surface area contributed by atoms with E-state index in [1.54, 1.807) is 53.0 Å². The van der Waals surface area contributed by atoms with E-state index in [4.69, 9.17) is 0 Å². The smallest absolute Gasteiger partial charge is 0.291 e. The largest absolute Gasteiger partial charge is 0.356 e. The van der Waals surface area contributed by atoms with E-state index in [1.165, 1.54) is 78.9 Å². The fourth-order valence-electron chi connectivity index (χ4n) is 8.36. The molecule has 0 saturated carbocycles. The van der Waals surface area contributed by atoms with Gasteiger partial charge in [-0.15, -0.1) is 0 Å². The fraction of sp³-hybridized carbons (Fsp3) is 0.396. The molecule has 0 unspecified atom stereocenters. The number of anilines is 6. The van der Waals surface area contributed by atoms with Gasteiger partial charge in [0, 0.05) is 145 Å². The van der Waals surface area contributed by atoms with E-state index in [1.807, 2.05) is 19.0 Å². The number of carbonyl (C=O) groups is 11.